The lowest BCUT2D eigenvalue weighted by atomic mass is 9.97. The maximum Gasteiger partial charge on any atom is 0.231 e. The molecule has 0 spiro atoms. The number of aromatic nitrogens is 3. The molecule has 8 nitrogen and oxygen atoms in total. The lowest BCUT2D eigenvalue weighted by Gasteiger charge is -2.30. The molecule has 4 heterocycles. The van der Waals surface area contributed by atoms with Gasteiger partial charge in [-0.25, -0.2) is 0 Å². The van der Waals surface area contributed by atoms with E-state index in [0.29, 0.717) is 37.8 Å². The summed E-state index contributed by atoms with van der Waals surface area (Å²) in [5.74, 6) is 1.57. The molecule has 26 heavy (non-hydrogen) atoms. The van der Waals surface area contributed by atoms with Gasteiger partial charge in [0.15, 0.2) is 5.82 Å². The summed E-state index contributed by atoms with van der Waals surface area (Å²) in [5, 5.41) is 4.13. The van der Waals surface area contributed by atoms with Gasteiger partial charge in [-0.3, -0.25) is 14.7 Å². The summed E-state index contributed by atoms with van der Waals surface area (Å²) in [5.41, 5.74) is 0.889. The van der Waals surface area contributed by atoms with Crippen molar-refractivity contribution in [2.75, 3.05) is 32.8 Å². The van der Waals surface area contributed by atoms with Crippen molar-refractivity contribution in [2.45, 2.75) is 31.8 Å². The smallest absolute Gasteiger partial charge is 0.231 e. The molecule has 2 aliphatic heterocycles. The minimum atomic E-state index is 0.0855. The maximum absolute atomic E-state index is 12.3. The third kappa shape index (κ3) is 4.08. The quantitative estimate of drug-likeness (QED) is 0.795. The Morgan fingerprint density at radius 3 is 2.88 bits per heavy atom. The third-order valence-corrected chi connectivity index (χ3v) is 4.88. The van der Waals surface area contributed by atoms with Crippen LogP contribution in [0.25, 0.3) is 0 Å². The summed E-state index contributed by atoms with van der Waals surface area (Å²) < 4.78 is 10.9. The second-order valence-electron chi connectivity index (χ2n) is 6.77. The number of hydrogen-bond acceptors (Lipinski definition) is 7. The number of ether oxygens (including phenoxy) is 1. The Morgan fingerprint density at radius 1 is 1.19 bits per heavy atom. The van der Waals surface area contributed by atoms with Gasteiger partial charge in [0.05, 0.1) is 37.9 Å². The molecule has 138 valence electrons. The number of piperidine rings is 1. The Morgan fingerprint density at radius 2 is 2.08 bits per heavy atom. The van der Waals surface area contributed by atoms with Crippen LogP contribution in [0.5, 0.6) is 0 Å². The molecule has 2 aliphatic rings. The average molecular weight is 357 g/mol. The van der Waals surface area contributed by atoms with Crippen molar-refractivity contribution in [2.24, 2.45) is 0 Å². The second kappa shape index (κ2) is 7.92. The molecular weight excluding hydrogens is 334 g/mol. The molecule has 2 aromatic heterocycles. The number of carbonyl (C=O) groups excluding carboxylic acids is 1. The zero-order chi connectivity index (χ0) is 17.8. The first-order chi connectivity index (χ1) is 12.8. The average Bonchev–Trinajstić information content (AvgIpc) is 3.14. The first kappa shape index (κ1) is 17.1. The molecule has 1 amide bonds. The number of likely N-dealkylation sites (tertiary alicyclic amines) is 1. The van der Waals surface area contributed by atoms with Gasteiger partial charge in [-0.15, -0.1) is 0 Å². The number of nitrogens with zero attached hydrogens (tertiary/aromatic N) is 5. The zero-order valence-corrected chi connectivity index (χ0v) is 14.7. The Balaban J connectivity index is 1.38. The van der Waals surface area contributed by atoms with Gasteiger partial charge in [-0.1, -0.05) is 11.2 Å². The number of hydrogen-bond donors (Lipinski definition) is 0. The van der Waals surface area contributed by atoms with Gasteiger partial charge in [-0.05, 0) is 18.6 Å². The van der Waals surface area contributed by atoms with Gasteiger partial charge in [0.25, 0.3) is 0 Å². The SMILES string of the molecule is O=C1CCC(c2nc(CN3CCOCC3)no2)CN1Cc1ccccn1. The van der Waals surface area contributed by atoms with E-state index >= 15 is 0 Å². The third-order valence-electron chi connectivity index (χ3n) is 4.88. The van der Waals surface area contributed by atoms with Crippen LogP contribution >= 0.6 is 0 Å². The normalized spacial score (nSPS) is 21.9. The summed E-state index contributed by atoms with van der Waals surface area (Å²) in [6, 6.07) is 5.74. The van der Waals surface area contributed by atoms with E-state index in [1.165, 1.54) is 0 Å². The maximum atomic E-state index is 12.3. The molecule has 2 aromatic rings. The summed E-state index contributed by atoms with van der Waals surface area (Å²) in [6.07, 6.45) is 2.99. The Labute approximate surface area is 152 Å². The monoisotopic (exact) mass is 357 g/mol. The van der Waals surface area contributed by atoms with Crippen LogP contribution < -0.4 is 0 Å². The number of pyridine rings is 1. The first-order valence-corrected chi connectivity index (χ1v) is 9.08. The predicted molar refractivity (Wildman–Crippen MR) is 92.0 cm³/mol. The minimum Gasteiger partial charge on any atom is -0.379 e. The van der Waals surface area contributed by atoms with Crippen molar-refractivity contribution in [1.29, 1.82) is 0 Å². The first-order valence-electron chi connectivity index (χ1n) is 9.08. The fourth-order valence-corrected chi connectivity index (χ4v) is 3.41. The Kier molecular flexibility index (Phi) is 5.21. The molecule has 0 bridgehead atoms. The van der Waals surface area contributed by atoms with E-state index in [1.54, 1.807) is 6.20 Å². The lowest BCUT2D eigenvalue weighted by Crippen LogP contribution is -2.38. The van der Waals surface area contributed by atoms with Gasteiger partial charge >= 0.3 is 0 Å². The highest BCUT2D eigenvalue weighted by Gasteiger charge is 2.30. The van der Waals surface area contributed by atoms with Crippen LogP contribution in [0.2, 0.25) is 0 Å². The van der Waals surface area contributed by atoms with Gasteiger partial charge in [-0.2, -0.15) is 4.98 Å². The zero-order valence-electron chi connectivity index (χ0n) is 14.7. The summed E-state index contributed by atoms with van der Waals surface area (Å²) in [4.78, 5) is 25.2. The van der Waals surface area contributed by atoms with Gasteiger partial charge < -0.3 is 14.2 Å². The summed E-state index contributed by atoms with van der Waals surface area (Å²) in [6.45, 7) is 5.06. The minimum absolute atomic E-state index is 0.0855. The van der Waals surface area contributed by atoms with Gasteiger partial charge in [0, 0.05) is 32.3 Å². The Hall–Kier alpha value is -2.32. The molecule has 0 aromatic carbocycles. The molecule has 2 saturated heterocycles. The van der Waals surface area contributed by atoms with E-state index in [4.69, 9.17) is 9.26 Å². The standard InChI is InChI=1S/C18H23N5O3/c24-17-5-4-14(11-23(17)12-15-3-1-2-6-19-15)18-20-16(21-26-18)13-22-7-9-25-10-8-22/h1-3,6,14H,4-5,7-13H2. The summed E-state index contributed by atoms with van der Waals surface area (Å²) in [7, 11) is 0. The number of morpholine rings is 1. The number of rotatable bonds is 5. The largest absolute Gasteiger partial charge is 0.379 e. The molecule has 0 N–H and O–H groups in total. The van der Waals surface area contributed by atoms with Crippen LogP contribution in [0, 0.1) is 0 Å². The van der Waals surface area contributed by atoms with Crippen molar-refractivity contribution in [3.63, 3.8) is 0 Å². The van der Waals surface area contributed by atoms with E-state index in [1.807, 2.05) is 23.1 Å². The van der Waals surface area contributed by atoms with Crippen LogP contribution in [-0.4, -0.2) is 63.7 Å². The van der Waals surface area contributed by atoms with Crippen molar-refractivity contribution in [1.82, 2.24) is 24.9 Å². The lowest BCUT2D eigenvalue weighted by molar-refractivity contribution is -0.134. The highest BCUT2D eigenvalue weighted by molar-refractivity contribution is 5.77. The number of carbonyl (C=O) groups is 1. The topological polar surface area (TPSA) is 84.6 Å². The fourth-order valence-electron chi connectivity index (χ4n) is 3.41. The molecule has 2 fully saturated rings. The predicted octanol–water partition coefficient (Wildman–Crippen LogP) is 1.20. The highest BCUT2D eigenvalue weighted by atomic mass is 16.5. The van der Waals surface area contributed by atoms with Crippen LogP contribution in [-0.2, 0) is 22.6 Å². The molecule has 0 saturated carbocycles. The van der Waals surface area contributed by atoms with Crippen molar-refractivity contribution in [3.8, 4) is 0 Å². The highest BCUT2D eigenvalue weighted by Crippen LogP contribution is 2.27. The van der Waals surface area contributed by atoms with Crippen LogP contribution in [0.1, 0.15) is 36.2 Å². The van der Waals surface area contributed by atoms with Crippen molar-refractivity contribution in [3.05, 3.63) is 41.8 Å². The van der Waals surface area contributed by atoms with E-state index in [0.717, 1.165) is 38.4 Å². The molecule has 4 rings (SSSR count). The van der Waals surface area contributed by atoms with Gasteiger partial charge in [0.1, 0.15) is 0 Å². The second-order valence-corrected chi connectivity index (χ2v) is 6.77. The summed E-state index contributed by atoms with van der Waals surface area (Å²) >= 11 is 0. The van der Waals surface area contributed by atoms with E-state index < -0.39 is 0 Å². The Bertz CT molecular complexity index is 729. The van der Waals surface area contributed by atoms with Crippen molar-refractivity contribution >= 4 is 5.91 Å². The van der Waals surface area contributed by atoms with Crippen LogP contribution in [0.4, 0.5) is 0 Å². The molecular formula is C18H23N5O3. The molecule has 8 heteroatoms. The molecule has 0 radical (unpaired) electrons. The van der Waals surface area contributed by atoms with Crippen molar-refractivity contribution < 1.29 is 14.1 Å². The molecule has 0 aliphatic carbocycles. The van der Waals surface area contributed by atoms with E-state index in [9.17, 15) is 4.79 Å². The fraction of sp³-hybridized carbons (Fsp3) is 0.556. The van der Waals surface area contributed by atoms with E-state index in [-0.39, 0.29) is 11.8 Å². The molecule has 1 atom stereocenters. The van der Waals surface area contributed by atoms with Crippen LogP contribution in [0.15, 0.2) is 28.9 Å². The van der Waals surface area contributed by atoms with Gasteiger partial charge in [0.2, 0.25) is 11.8 Å². The molecule has 1 unspecified atom stereocenters. The number of amides is 1. The van der Waals surface area contributed by atoms with Crippen LogP contribution in [0.3, 0.4) is 0 Å². The van der Waals surface area contributed by atoms with E-state index in [2.05, 4.69) is 20.0 Å².